The molecular weight excluding hydrogens is 246 g/mol. The minimum Gasteiger partial charge on any atom is -0.506 e. The summed E-state index contributed by atoms with van der Waals surface area (Å²) in [6.07, 6.45) is 0. The van der Waals surface area contributed by atoms with Crippen molar-refractivity contribution < 1.29 is 19.8 Å². The standard InChI is InChI=1S/C11H12ClNO4/c1-5(11(16)17)9-7(12)3-4-8(15)10(9)13-6(2)14/h3-5,15H,1-2H3,(H,13,14)(H,16,17). The van der Waals surface area contributed by atoms with Gasteiger partial charge in [0, 0.05) is 17.5 Å². The largest absolute Gasteiger partial charge is 0.506 e. The maximum Gasteiger partial charge on any atom is 0.310 e. The maximum atomic E-state index is 11.0. The van der Waals surface area contributed by atoms with Crippen LogP contribution in [-0.4, -0.2) is 22.1 Å². The third-order valence-corrected chi connectivity index (χ3v) is 2.60. The Morgan fingerprint density at radius 2 is 2.00 bits per heavy atom. The number of halogens is 1. The van der Waals surface area contributed by atoms with Crippen molar-refractivity contribution in [1.29, 1.82) is 0 Å². The van der Waals surface area contributed by atoms with Crippen LogP contribution < -0.4 is 5.32 Å². The number of carbonyl (C=O) groups is 2. The minimum absolute atomic E-state index is 0.0416. The van der Waals surface area contributed by atoms with Gasteiger partial charge in [0.2, 0.25) is 5.91 Å². The number of aromatic hydroxyl groups is 1. The molecule has 92 valence electrons. The zero-order chi connectivity index (χ0) is 13.2. The topological polar surface area (TPSA) is 86.6 Å². The number of anilines is 1. The molecule has 0 aliphatic carbocycles. The molecule has 0 bridgehead atoms. The van der Waals surface area contributed by atoms with Crippen LogP contribution in [0.4, 0.5) is 5.69 Å². The Morgan fingerprint density at radius 3 is 2.47 bits per heavy atom. The number of aliphatic carboxylic acids is 1. The lowest BCUT2D eigenvalue weighted by atomic mass is 9.98. The summed E-state index contributed by atoms with van der Waals surface area (Å²) in [7, 11) is 0. The van der Waals surface area contributed by atoms with Crippen molar-refractivity contribution >= 4 is 29.2 Å². The van der Waals surface area contributed by atoms with Crippen LogP contribution in [0.25, 0.3) is 0 Å². The Bertz CT molecular complexity index is 473. The third kappa shape index (κ3) is 2.88. The van der Waals surface area contributed by atoms with Gasteiger partial charge in [0.25, 0.3) is 0 Å². The van der Waals surface area contributed by atoms with Crippen LogP contribution in [0.1, 0.15) is 25.3 Å². The number of benzene rings is 1. The van der Waals surface area contributed by atoms with Gasteiger partial charge in [0.05, 0.1) is 11.6 Å². The molecule has 0 aliphatic heterocycles. The zero-order valence-corrected chi connectivity index (χ0v) is 10.1. The van der Waals surface area contributed by atoms with E-state index >= 15 is 0 Å². The molecule has 6 heteroatoms. The third-order valence-electron chi connectivity index (χ3n) is 2.27. The smallest absolute Gasteiger partial charge is 0.310 e. The fourth-order valence-electron chi connectivity index (χ4n) is 1.44. The summed E-state index contributed by atoms with van der Waals surface area (Å²) in [5.41, 5.74) is 0.231. The van der Waals surface area contributed by atoms with Crippen LogP contribution in [0.5, 0.6) is 5.75 Å². The van der Waals surface area contributed by atoms with Gasteiger partial charge < -0.3 is 15.5 Å². The van der Waals surface area contributed by atoms with Gasteiger partial charge in [0.15, 0.2) is 0 Å². The van der Waals surface area contributed by atoms with E-state index in [2.05, 4.69) is 5.32 Å². The van der Waals surface area contributed by atoms with Gasteiger partial charge in [-0.25, -0.2) is 0 Å². The number of phenolic OH excluding ortho intramolecular Hbond substituents is 1. The molecule has 17 heavy (non-hydrogen) atoms. The number of rotatable bonds is 3. The second kappa shape index (κ2) is 5.05. The van der Waals surface area contributed by atoms with Gasteiger partial charge in [-0.1, -0.05) is 11.6 Å². The molecular formula is C11H12ClNO4. The predicted octanol–water partition coefficient (Wildman–Crippen LogP) is 2.19. The average molecular weight is 258 g/mol. The number of carbonyl (C=O) groups excluding carboxylic acids is 1. The second-order valence-electron chi connectivity index (χ2n) is 3.60. The first kappa shape index (κ1) is 13.3. The van der Waals surface area contributed by atoms with E-state index in [9.17, 15) is 14.7 Å². The molecule has 1 amide bonds. The van der Waals surface area contributed by atoms with E-state index in [4.69, 9.17) is 16.7 Å². The summed E-state index contributed by atoms with van der Waals surface area (Å²) in [6.45, 7) is 2.68. The highest BCUT2D eigenvalue weighted by molar-refractivity contribution is 6.32. The lowest BCUT2D eigenvalue weighted by molar-refractivity contribution is -0.138. The highest BCUT2D eigenvalue weighted by Crippen LogP contribution is 2.38. The number of nitrogens with one attached hydrogen (secondary N) is 1. The van der Waals surface area contributed by atoms with Gasteiger partial charge in [-0.2, -0.15) is 0 Å². The molecule has 1 rings (SSSR count). The number of hydrogen-bond acceptors (Lipinski definition) is 3. The van der Waals surface area contributed by atoms with Gasteiger partial charge in [-0.15, -0.1) is 0 Å². The molecule has 5 nitrogen and oxygen atoms in total. The van der Waals surface area contributed by atoms with E-state index in [1.807, 2.05) is 0 Å². The summed E-state index contributed by atoms with van der Waals surface area (Å²) in [4.78, 5) is 22.0. The van der Waals surface area contributed by atoms with E-state index < -0.39 is 17.8 Å². The van der Waals surface area contributed by atoms with Gasteiger partial charge in [-0.05, 0) is 19.1 Å². The van der Waals surface area contributed by atoms with Crippen molar-refractivity contribution in [2.45, 2.75) is 19.8 Å². The molecule has 1 atom stereocenters. The quantitative estimate of drug-likeness (QED) is 0.725. The van der Waals surface area contributed by atoms with Crippen LogP contribution in [0.15, 0.2) is 12.1 Å². The molecule has 0 saturated heterocycles. The van der Waals surface area contributed by atoms with Crippen LogP contribution in [0, 0.1) is 0 Å². The summed E-state index contributed by atoms with van der Waals surface area (Å²) in [5, 5.41) is 21.1. The number of hydrogen-bond donors (Lipinski definition) is 3. The number of amides is 1. The molecule has 1 aromatic carbocycles. The Hall–Kier alpha value is -1.75. The van der Waals surface area contributed by atoms with E-state index in [0.29, 0.717) is 0 Å². The van der Waals surface area contributed by atoms with Crippen LogP contribution >= 0.6 is 11.6 Å². The monoisotopic (exact) mass is 257 g/mol. The predicted molar refractivity (Wildman–Crippen MR) is 63.5 cm³/mol. The van der Waals surface area contributed by atoms with Crippen molar-refractivity contribution in [2.75, 3.05) is 5.32 Å². The molecule has 1 aromatic rings. The molecule has 0 fully saturated rings. The second-order valence-corrected chi connectivity index (χ2v) is 4.00. The lowest BCUT2D eigenvalue weighted by Crippen LogP contribution is -2.14. The Balaban J connectivity index is 3.38. The molecule has 0 spiro atoms. The van der Waals surface area contributed by atoms with Gasteiger partial charge >= 0.3 is 5.97 Å². The SMILES string of the molecule is CC(=O)Nc1c(O)ccc(Cl)c1C(C)C(=O)O. The van der Waals surface area contributed by atoms with Gasteiger partial charge in [-0.3, -0.25) is 9.59 Å². The number of carboxylic acid groups (broad SMARTS) is 1. The highest BCUT2D eigenvalue weighted by atomic mass is 35.5. The van der Waals surface area contributed by atoms with Crippen molar-refractivity contribution in [3.63, 3.8) is 0 Å². The molecule has 0 radical (unpaired) electrons. The van der Waals surface area contributed by atoms with Crippen molar-refractivity contribution in [2.24, 2.45) is 0 Å². The molecule has 0 aliphatic rings. The van der Waals surface area contributed by atoms with Gasteiger partial charge in [0.1, 0.15) is 5.75 Å². The Labute approximate surface area is 103 Å². The maximum absolute atomic E-state index is 11.0. The first-order valence-electron chi connectivity index (χ1n) is 4.86. The first-order chi connectivity index (χ1) is 7.84. The summed E-state index contributed by atoms with van der Waals surface area (Å²) in [5.74, 6) is -2.66. The van der Waals surface area contributed by atoms with Crippen molar-refractivity contribution in [1.82, 2.24) is 0 Å². The molecule has 1 unspecified atom stereocenters. The average Bonchev–Trinajstić information content (AvgIpc) is 2.22. The number of carboxylic acids is 1. The lowest BCUT2D eigenvalue weighted by Gasteiger charge is -2.16. The first-order valence-corrected chi connectivity index (χ1v) is 5.24. The van der Waals surface area contributed by atoms with E-state index in [1.54, 1.807) is 0 Å². The zero-order valence-electron chi connectivity index (χ0n) is 9.32. The van der Waals surface area contributed by atoms with E-state index in [0.717, 1.165) is 0 Å². The van der Waals surface area contributed by atoms with Crippen LogP contribution in [-0.2, 0) is 9.59 Å². The van der Waals surface area contributed by atoms with E-state index in [-0.39, 0.29) is 22.0 Å². The van der Waals surface area contributed by atoms with Crippen molar-refractivity contribution in [3.8, 4) is 5.75 Å². The normalized spacial score (nSPS) is 11.9. The summed E-state index contributed by atoms with van der Waals surface area (Å²) >= 11 is 5.90. The number of phenols is 1. The van der Waals surface area contributed by atoms with Crippen LogP contribution in [0.2, 0.25) is 5.02 Å². The minimum atomic E-state index is -1.09. The summed E-state index contributed by atoms with van der Waals surface area (Å²) in [6, 6.07) is 2.68. The Kier molecular flexibility index (Phi) is 3.96. The molecule has 0 saturated carbocycles. The fraction of sp³-hybridized carbons (Fsp3) is 0.273. The summed E-state index contributed by atoms with van der Waals surface area (Å²) < 4.78 is 0. The molecule has 3 N–H and O–H groups in total. The van der Waals surface area contributed by atoms with E-state index in [1.165, 1.54) is 26.0 Å². The highest BCUT2D eigenvalue weighted by Gasteiger charge is 2.23. The Morgan fingerprint density at radius 1 is 1.41 bits per heavy atom. The van der Waals surface area contributed by atoms with Crippen LogP contribution in [0.3, 0.4) is 0 Å². The van der Waals surface area contributed by atoms with Crippen molar-refractivity contribution in [3.05, 3.63) is 22.7 Å². The molecule has 0 heterocycles. The molecule has 0 aromatic heterocycles. The fourth-order valence-corrected chi connectivity index (χ4v) is 1.76.